The van der Waals surface area contributed by atoms with Gasteiger partial charge in [-0.25, -0.2) is 0 Å². The summed E-state index contributed by atoms with van der Waals surface area (Å²) in [6.45, 7) is 6.67. The molecule has 1 heterocycles. The SMILES string of the molecule is CCCCNC(=O)CN1CCN(CC(=O)Nc2ccccc2Oc2ccccc2)CC1. The van der Waals surface area contributed by atoms with Gasteiger partial charge >= 0.3 is 0 Å². The first-order valence-corrected chi connectivity index (χ1v) is 11.0. The second-order valence-corrected chi connectivity index (χ2v) is 7.72. The Hall–Kier alpha value is -2.90. The standard InChI is InChI=1S/C24H32N4O3/c1-2-3-13-25-23(29)18-27-14-16-28(17-15-27)19-24(30)26-21-11-7-8-12-22(21)31-20-9-5-4-6-10-20/h4-12H,2-3,13-19H2,1H3,(H,25,29)(H,26,30). The Morgan fingerprint density at radius 1 is 0.871 bits per heavy atom. The van der Waals surface area contributed by atoms with Gasteiger partial charge in [0.1, 0.15) is 5.75 Å². The summed E-state index contributed by atoms with van der Waals surface area (Å²) in [4.78, 5) is 28.8. The molecule has 1 aliphatic heterocycles. The zero-order chi connectivity index (χ0) is 21.9. The molecular weight excluding hydrogens is 392 g/mol. The lowest BCUT2D eigenvalue weighted by Crippen LogP contribution is -2.51. The molecule has 3 rings (SSSR count). The first-order chi connectivity index (χ1) is 15.1. The molecule has 0 unspecified atom stereocenters. The summed E-state index contributed by atoms with van der Waals surface area (Å²) in [6.07, 6.45) is 2.08. The number of unbranched alkanes of at least 4 members (excludes halogenated alkanes) is 1. The van der Waals surface area contributed by atoms with Crippen molar-refractivity contribution in [1.82, 2.24) is 15.1 Å². The quantitative estimate of drug-likeness (QED) is 0.574. The number of hydrogen-bond acceptors (Lipinski definition) is 5. The van der Waals surface area contributed by atoms with E-state index in [0.717, 1.165) is 51.3 Å². The minimum Gasteiger partial charge on any atom is -0.455 e. The molecule has 31 heavy (non-hydrogen) atoms. The van der Waals surface area contributed by atoms with Crippen molar-refractivity contribution in [2.45, 2.75) is 19.8 Å². The Morgan fingerprint density at radius 3 is 2.16 bits per heavy atom. The molecule has 0 spiro atoms. The number of hydrogen-bond donors (Lipinski definition) is 2. The van der Waals surface area contributed by atoms with Crippen LogP contribution in [0, 0.1) is 0 Å². The van der Waals surface area contributed by atoms with Crippen molar-refractivity contribution >= 4 is 17.5 Å². The molecule has 166 valence electrons. The highest BCUT2D eigenvalue weighted by Gasteiger charge is 2.21. The largest absolute Gasteiger partial charge is 0.455 e. The predicted octanol–water partition coefficient (Wildman–Crippen LogP) is 2.95. The summed E-state index contributed by atoms with van der Waals surface area (Å²) < 4.78 is 5.91. The van der Waals surface area contributed by atoms with Crippen molar-refractivity contribution in [3.05, 3.63) is 54.6 Å². The topological polar surface area (TPSA) is 73.9 Å². The fourth-order valence-electron chi connectivity index (χ4n) is 3.44. The number of carbonyl (C=O) groups is 2. The molecule has 2 N–H and O–H groups in total. The van der Waals surface area contributed by atoms with Gasteiger partial charge in [-0.05, 0) is 30.7 Å². The molecule has 2 aromatic rings. The monoisotopic (exact) mass is 424 g/mol. The molecule has 2 aromatic carbocycles. The molecule has 0 aliphatic carbocycles. The van der Waals surface area contributed by atoms with Crippen LogP contribution in [-0.2, 0) is 9.59 Å². The summed E-state index contributed by atoms with van der Waals surface area (Å²) in [5.74, 6) is 1.34. The highest BCUT2D eigenvalue weighted by molar-refractivity contribution is 5.93. The number of anilines is 1. The van der Waals surface area contributed by atoms with Crippen LogP contribution in [0.1, 0.15) is 19.8 Å². The molecule has 0 atom stereocenters. The van der Waals surface area contributed by atoms with Crippen molar-refractivity contribution in [1.29, 1.82) is 0 Å². The van der Waals surface area contributed by atoms with Gasteiger partial charge in [0.15, 0.2) is 5.75 Å². The first-order valence-electron chi connectivity index (χ1n) is 11.0. The lowest BCUT2D eigenvalue weighted by Gasteiger charge is -2.33. The summed E-state index contributed by atoms with van der Waals surface area (Å²) in [7, 11) is 0. The average molecular weight is 425 g/mol. The number of piperazine rings is 1. The van der Waals surface area contributed by atoms with Crippen molar-refractivity contribution in [3.63, 3.8) is 0 Å². The fraction of sp³-hybridized carbons (Fsp3) is 0.417. The van der Waals surface area contributed by atoms with Crippen molar-refractivity contribution < 1.29 is 14.3 Å². The average Bonchev–Trinajstić information content (AvgIpc) is 2.77. The first kappa shape index (κ1) is 22.8. The van der Waals surface area contributed by atoms with Gasteiger partial charge in [-0.15, -0.1) is 0 Å². The van der Waals surface area contributed by atoms with Gasteiger partial charge in [0.05, 0.1) is 18.8 Å². The maximum Gasteiger partial charge on any atom is 0.238 e. The number of para-hydroxylation sites is 3. The minimum absolute atomic E-state index is 0.0742. The van der Waals surface area contributed by atoms with E-state index in [0.29, 0.717) is 24.5 Å². The number of amides is 2. The van der Waals surface area contributed by atoms with Crippen molar-refractivity contribution in [3.8, 4) is 11.5 Å². The number of nitrogens with one attached hydrogen (secondary N) is 2. The van der Waals surface area contributed by atoms with Gasteiger partial charge in [0.2, 0.25) is 11.8 Å². The molecular formula is C24H32N4O3. The van der Waals surface area contributed by atoms with E-state index in [2.05, 4.69) is 27.4 Å². The molecule has 2 amide bonds. The van der Waals surface area contributed by atoms with Crippen LogP contribution in [0.4, 0.5) is 5.69 Å². The van der Waals surface area contributed by atoms with E-state index in [-0.39, 0.29) is 11.8 Å². The van der Waals surface area contributed by atoms with Gasteiger partial charge in [0.25, 0.3) is 0 Å². The summed E-state index contributed by atoms with van der Waals surface area (Å²) in [5.41, 5.74) is 0.652. The van der Waals surface area contributed by atoms with Crippen LogP contribution >= 0.6 is 0 Å². The number of benzene rings is 2. The van der Waals surface area contributed by atoms with E-state index < -0.39 is 0 Å². The van der Waals surface area contributed by atoms with Crippen LogP contribution < -0.4 is 15.4 Å². The summed E-state index contributed by atoms with van der Waals surface area (Å²) in [6, 6.07) is 16.9. The third kappa shape index (κ3) is 7.70. The molecule has 0 saturated carbocycles. The van der Waals surface area contributed by atoms with E-state index in [4.69, 9.17) is 4.74 Å². The molecule has 0 bridgehead atoms. The summed E-state index contributed by atoms with van der Waals surface area (Å²) >= 11 is 0. The highest BCUT2D eigenvalue weighted by Crippen LogP contribution is 2.29. The normalized spacial score (nSPS) is 14.7. The zero-order valence-electron chi connectivity index (χ0n) is 18.2. The van der Waals surface area contributed by atoms with E-state index in [9.17, 15) is 9.59 Å². The summed E-state index contributed by atoms with van der Waals surface area (Å²) in [5, 5.41) is 5.92. The number of carbonyl (C=O) groups excluding carboxylic acids is 2. The Bertz CT molecular complexity index is 836. The molecule has 7 heteroatoms. The second kappa shape index (κ2) is 12.1. The van der Waals surface area contributed by atoms with Gasteiger partial charge in [-0.2, -0.15) is 0 Å². The fourth-order valence-corrected chi connectivity index (χ4v) is 3.44. The lowest BCUT2D eigenvalue weighted by molar-refractivity contribution is -0.123. The van der Waals surface area contributed by atoms with Gasteiger partial charge in [-0.3, -0.25) is 19.4 Å². The van der Waals surface area contributed by atoms with Crippen LogP contribution in [0.15, 0.2) is 54.6 Å². The molecule has 1 fully saturated rings. The Morgan fingerprint density at radius 2 is 1.48 bits per heavy atom. The van der Waals surface area contributed by atoms with E-state index in [1.807, 2.05) is 54.6 Å². The predicted molar refractivity (Wildman–Crippen MR) is 122 cm³/mol. The third-order valence-corrected chi connectivity index (χ3v) is 5.18. The Balaban J connectivity index is 1.43. The van der Waals surface area contributed by atoms with E-state index >= 15 is 0 Å². The smallest absolute Gasteiger partial charge is 0.238 e. The molecule has 0 radical (unpaired) electrons. The Labute approximate surface area is 184 Å². The van der Waals surface area contributed by atoms with E-state index in [1.165, 1.54) is 0 Å². The van der Waals surface area contributed by atoms with Crippen LogP contribution in [0.25, 0.3) is 0 Å². The van der Waals surface area contributed by atoms with Gasteiger partial charge in [-0.1, -0.05) is 43.7 Å². The molecule has 0 aromatic heterocycles. The van der Waals surface area contributed by atoms with Crippen LogP contribution in [-0.4, -0.2) is 67.4 Å². The number of rotatable bonds is 10. The lowest BCUT2D eigenvalue weighted by atomic mass is 10.2. The van der Waals surface area contributed by atoms with Crippen molar-refractivity contribution in [2.75, 3.05) is 51.1 Å². The third-order valence-electron chi connectivity index (χ3n) is 5.18. The molecule has 7 nitrogen and oxygen atoms in total. The van der Waals surface area contributed by atoms with E-state index in [1.54, 1.807) is 0 Å². The second-order valence-electron chi connectivity index (χ2n) is 7.72. The highest BCUT2D eigenvalue weighted by atomic mass is 16.5. The van der Waals surface area contributed by atoms with Crippen LogP contribution in [0.5, 0.6) is 11.5 Å². The van der Waals surface area contributed by atoms with Crippen molar-refractivity contribution in [2.24, 2.45) is 0 Å². The Kier molecular flexibility index (Phi) is 8.87. The van der Waals surface area contributed by atoms with Gasteiger partial charge in [0, 0.05) is 32.7 Å². The van der Waals surface area contributed by atoms with Crippen LogP contribution in [0.3, 0.4) is 0 Å². The maximum absolute atomic E-state index is 12.6. The maximum atomic E-state index is 12.6. The number of ether oxygens (including phenoxy) is 1. The minimum atomic E-state index is -0.0742. The molecule has 1 saturated heterocycles. The van der Waals surface area contributed by atoms with Gasteiger partial charge < -0.3 is 15.4 Å². The zero-order valence-corrected chi connectivity index (χ0v) is 18.2. The number of nitrogens with zero attached hydrogens (tertiary/aromatic N) is 2. The van der Waals surface area contributed by atoms with Crippen LogP contribution in [0.2, 0.25) is 0 Å². The molecule has 1 aliphatic rings.